The molecule has 2 aromatic carbocycles. The smallest absolute Gasteiger partial charge is 0.408 e. The van der Waals surface area contributed by atoms with Gasteiger partial charge in [0.05, 0.1) is 6.42 Å². The Morgan fingerprint density at radius 3 is 2.22 bits per heavy atom. The summed E-state index contributed by atoms with van der Waals surface area (Å²) in [5.74, 6) is -1.89. The zero-order valence-electron chi connectivity index (χ0n) is 22.0. The summed E-state index contributed by atoms with van der Waals surface area (Å²) >= 11 is 0. The number of amides is 4. The first kappa shape index (κ1) is 28.4. The highest BCUT2D eigenvalue weighted by Gasteiger charge is 2.35. The lowest BCUT2D eigenvalue weighted by molar-refractivity contribution is -0.140. The van der Waals surface area contributed by atoms with Crippen LogP contribution in [-0.4, -0.2) is 47.4 Å². The molecule has 0 aliphatic carbocycles. The maximum absolute atomic E-state index is 13.6. The molecule has 9 nitrogen and oxygen atoms in total. The van der Waals surface area contributed by atoms with E-state index in [0.717, 1.165) is 16.7 Å². The van der Waals surface area contributed by atoms with E-state index in [1.807, 2.05) is 51.1 Å². The molecule has 0 saturated heterocycles. The average molecular weight is 497 g/mol. The number of carbonyl (C=O) groups excluding carboxylic acids is 4. The molecule has 2 aromatic rings. The van der Waals surface area contributed by atoms with Gasteiger partial charge in [-0.05, 0) is 64.3 Å². The molecule has 0 radical (unpaired) electrons. The number of primary amides is 1. The van der Waals surface area contributed by atoms with Gasteiger partial charge in [-0.1, -0.05) is 42.0 Å². The van der Waals surface area contributed by atoms with Crippen molar-refractivity contribution in [3.63, 3.8) is 0 Å². The van der Waals surface area contributed by atoms with Gasteiger partial charge in [0.2, 0.25) is 11.8 Å². The predicted molar refractivity (Wildman–Crippen MR) is 138 cm³/mol. The lowest BCUT2D eigenvalue weighted by atomic mass is 9.96. The van der Waals surface area contributed by atoms with Crippen molar-refractivity contribution in [2.45, 2.75) is 65.6 Å². The molecule has 0 fully saturated rings. The van der Waals surface area contributed by atoms with Gasteiger partial charge in [0.15, 0.2) is 0 Å². The number of ether oxygens (including phenoxy) is 1. The van der Waals surface area contributed by atoms with Gasteiger partial charge in [0, 0.05) is 12.7 Å². The molecule has 0 aliphatic heterocycles. The van der Waals surface area contributed by atoms with Crippen LogP contribution in [0.3, 0.4) is 0 Å². The summed E-state index contributed by atoms with van der Waals surface area (Å²) in [7, 11) is 1.46. The maximum atomic E-state index is 13.6. The largest absolute Gasteiger partial charge is 0.444 e. The quantitative estimate of drug-likeness (QED) is 0.515. The molecule has 4 N–H and O–H groups in total. The number of nitrogens with zero attached hydrogens (tertiary/aromatic N) is 1. The Morgan fingerprint density at radius 1 is 1.00 bits per heavy atom. The molecule has 0 spiro atoms. The lowest BCUT2D eigenvalue weighted by Crippen LogP contribution is -2.52. The number of hydrogen-bond donors (Lipinski definition) is 3. The van der Waals surface area contributed by atoms with E-state index in [-0.39, 0.29) is 0 Å². The van der Waals surface area contributed by atoms with Crippen LogP contribution in [0.15, 0.2) is 42.5 Å². The van der Waals surface area contributed by atoms with E-state index in [2.05, 4.69) is 10.6 Å². The molecule has 0 saturated carbocycles. The van der Waals surface area contributed by atoms with Crippen molar-refractivity contribution in [2.24, 2.45) is 5.73 Å². The van der Waals surface area contributed by atoms with Crippen LogP contribution in [0, 0.1) is 20.8 Å². The van der Waals surface area contributed by atoms with E-state index in [0.29, 0.717) is 11.3 Å². The predicted octanol–water partition coefficient (Wildman–Crippen LogP) is 3.52. The van der Waals surface area contributed by atoms with Crippen molar-refractivity contribution < 1.29 is 23.9 Å². The van der Waals surface area contributed by atoms with E-state index in [1.165, 1.54) is 11.9 Å². The van der Waals surface area contributed by atoms with Crippen LogP contribution >= 0.6 is 0 Å². The number of nitrogens with two attached hydrogens (primary N) is 1. The minimum absolute atomic E-state index is 0.441. The van der Waals surface area contributed by atoms with Crippen LogP contribution in [0.4, 0.5) is 10.5 Å². The third-order valence-corrected chi connectivity index (χ3v) is 5.51. The van der Waals surface area contributed by atoms with Gasteiger partial charge in [0.1, 0.15) is 17.7 Å². The third-order valence-electron chi connectivity index (χ3n) is 5.51. The van der Waals surface area contributed by atoms with Crippen molar-refractivity contribution in [1.82, 2.24) is 10.2 Å². The van der Waals surface area contributed by atoms with E-state index >= 15 is 0 Å². The van der Waals surface area contributed by atoms with Gasteiger partial charge in [-0.15, -0.1) is 0 Å². The third kappa shape index (κ3) is 7.83. The second kappa shape index (κ2) is 11.7. The number of alkyl carbamates (subject to hydrolysis) is 1. The Balaban J connectivity index is 2.46. The Kier molecular flexibility index (Phi) is 9.22. The lowest BCUT2D eigenvalue weighted by Gasteiger charge is -2.32. The molecule has 0 aromatic heterocycles. The maximum Gasteiger partial charge on any atom is 0.408 e. The minimum Gasteiger partial charge on any atom is -0.444 e. The standard InChI is InChI=1S/C27H36N4O5/c1-16-12-13-17(2)19(14-16)23(24(33)29-20-11-9-8-10-18(20)3)31(7)25(34)21(15-22(28)32)30-26(35)36-27(4,5)6/h8-14,21,23H,15H2,1-7H3,(H2,28,32)(H,29,33)(H,30,35). The Labute approximate surface area is 212 Å². The molecule has 194 valence electrons. The molecule has 2 atom stereocenters. The molecule has 0 bridgehead atoms. The number of rotatable bonds is 8. The van der Waals surface area contributed by atoms with Crippen LogP contribution in [-0.2, 0) is 19.1 Å². The first-order valence-corrected chi connectivity index (χ1v) is 11.7. The molecule has 2 rings (SSSR count). The molecule has 0 heterocycles. The second-order valence-electron chi connectivity index (χ2n) is 9.89. The van der Waals surface area contributed by atoms with Crippen LogP contribution < -0.4 is 16.4 Å². The molecule has 36 heavy (non-hydrogen) atoms. The summed E-state index contributed by atoms with van der Waals surface area (Å²) < 4.78 is 5.25. The highest BCUT2D eigenvalue weighted by molar-refractivity contribution is 6.00. The van der Waals surface area contributed by atoms with Crippen molar-refractivity contribution in [3.05, 3.63) is 64.7 Å². The van der Waals surface area contributed by atoms with E-state index in [1.54, 1.807) is 32.9 Å². The number of para-hydroxylation sites is 1. The Bertz CT molecular complexity index is 1140. The van der Waals surface area contributed by atoms with Gasteiger partial charge < -0.3 is 26.0 Å². The SMILES string of the molecule is Cc1ccc(C)c(C(C(=O)Nc2ccccc2C)N(C)C(=O)C(CC(N)=O)NC(=O)OC(C)(C)C)c1. The first-order chi connectivity index (χ1) is 16.7. The summed E-state index contributed by atoms with van der Waals surface area (Å²) in [6.07, 6.45) is -1.33. The highest BCUT2D eigenvalue weighted by atomic mass is 16.6. The van der Waals surface area contributed by atoms with Gasteiger partial charge in [0.25, 0.3) is 5.91 Å². The van der Waals surface area contributed by atoms with Crippen LogP contribution in [0.1, 0.15) is 55.5 Å². The van der Waals surface area contributed by atoms with Crippen LogP contribution in [0.25, 0.3) is 0 Å². The number of nitrogens with one attached hydrogen (secondary N) is 2. The average Bonchev–Trinajstić information content (AvgIpc) is 2.75. The molecule has 2 unspecified atom stereocenters. The van der Waals surface area contributed by atoms with Crippen molar-refractivity contribution >= 4 is 29.5 Å². The summed E-state index contributed by atoms with van der Waals surface area (Å²) in [6.45, 7) is 10.6. The van der Waals surface area contributed by atoms with E-state index in [4.69, 9.17) is 10.5 Å². The normalized spacial score (nSPS) is 12.8. The fourth-order valence-corrected chi connectivity index (χ4v) is 3.72. The summed E-state index contributed by atoms with van der Waals surface area (Å²) in [6, 6.07) is 10.6. The summed E-state index contributed by atoms with van der Waals surface area (Å²) in [5.41, 5.74) is 8.35. The van der Waals surface area contributed by atoms with Crippen molar-refractivity contribution in [3.8, 4) is 0 Å². The molecule has 0 aliphatic rings. The Morgan fingerprint density at radius 2 is 1.64 bits per heavy atom. The fraction of sp³-hybridized carbons (Fsp3) is 0.407. The Hall–Kier alpha value is -3.88. The summed E-state index contributed by atoms with van der Waals surface area (Å²) in [4.78, 5) is 52.6. The monoisotopic (exact) mass is 496 g/mol. The van der Waals surface area contributed by atoms with Gasteiger partial charge >= 0.3 is 6.09 Å². The number of likely N-dealkylation sites (N-methyl/N-ethyl adjacent to an activating group) is 1. The zero-order chi connectivity index (χ0) is 27.2. The zero-order valence-corrected chi connectivity index (χ0v) is 22.0. The molecule has 4 amide bonds. The number of benzene rings is 2. The first-order valence-electron chi connectivity index (χ1n) is 11.7. The van der Waals surface area contributed by atoms with Crippen LogP contribution in [0.2, 0.25) is 0 Å². The van der Waals surface area contributed by atoms with Crippen molar-refractivity contribution in [1.29, 1.82) is 0 Å². The fourth-order valence-electron chi connectivity index (χ4n) is 3.72. The molecular formula is C27H36N4O5. The van der Waals surface area contributed by atoms with E-state index < -0.39 is 47.9 Å². The molecular weight excluding hydrogens is 460 g/mol. The minimum atomic E-state index is -1.32. The highest BCUT2D eigenvalue weighted by Crippen LogP contribution is 2.27. The number of aryl methyl sites for hydroxylation is 3. The second-order valence-corrected chi connectivity index (χ2v) is 9.89. The van der Waals surface area contributed by atoms with Gasteiger partial charge in [-0.3, -0.25) is 14.4 Å². The molecule has 9 heteroatoms. The van der Waals surface area contributed by atoms with E-state index in [9.17, 15) is 19.2 Å². The topological polar surface area (TPSA) is 131 Å². The van der Waals surface area contributed by atoms with Crippen molar-refractivity contribution in [2.75, 3.05) is 12.4 Å². The van der Waals surface area contributed by atoms with Crippen LogP contribution in [0.5, 0.6) is 0 Å². The number of carbonyl (C=O) groups is 4. The number of anilines is 1. The van der Waals surface area contributed by atoms with Gasteiger partial charge in [-0.25, -0.2) is 4.79 Å². The summed E-state index contributed by atoms with van der Waals surface area (Å²) in [5, 5.41) is 5.34. The van der Waals surface area contributed by atoms with Gasteiger partial charge in [-0.2, -0.15) is 0 Å². The number of hydrogen-bond acceptors (Lipinski definition) is 5.